The number of rotatable bonds is 9. The number of carbonyl (C=O) groups excluding carboxylic acids is 2. The topological polar surface area (TPSA) is 61.8 Å². The van der Waals surface area contributed by atoms with Crippen LogP contribution in [0.5, 0.6) is 0 Å². The molecule has 1 heterocycles. The summed E-state index contributed by atoms with van der Waals surface area (Å²) >= 11 is 0. The largest absolute Gasteiger partial charge is 0.348 e. The molecule has 33 heavy (non-hydrogen) atoms. The molecule has 5 nitrogen and oxygen atoms in total. The summed E-state index contributed by atoms with van der Waals surface area (Å²) in [6, 6.07) is 7.96. The van der Waals surface area contributed by atoms with Gasteiger partial charge < -0.3 is 10.2 Å². The number of likely N-dealkylation sites (tertiary alicyclic amines) is 1. The van der Waals surface area contributed by atoms with Crippen LogP contribution in [0.1, 0.15) is 104 Å². The fourth-order valence-corrected chi connectivity index (χ4v) is 4.42. The van der Waals surface area contributed by atoms with E-state index in [-0.39, 0.29) is 29.3 Å². The molecule has 0 spiro atoms. The fraction of sp³-hybridized carbons (Fsp3) is 0.607. The lowest BCUT2D eigenvalue weighted by atomic mass is 9.91. The SMILES string of the molecule is CC=N/C(C)=C(\CCCC)c1ccc(C(C)NC(=O)C2CCCN2C(=O)CC(C)(C)C)cc1. The van der Waals surface area contributed by atoms with E-state index in [0.717, 1.165) is 43.4 Å². The van der Waals surface area contributed by atoms with Gasteiger partial charge in [-0.15, -0.1) is 0 Å². The number of allylic oxidation sites excluding steroid dienone is 2. The second kappa shape index (κ2) is 12.2. The van der Waals surface area contributed by atoms with Crippen LogP contribution in [0, 0.1) is 5.41 Å². The van der Waals surface area contributed by atoms with Gasteiger partial charge in [0, 0.05) is 24.9 Å². The average molecular weight is 454 g/mol. The molecule has 5 heteroatoms. The van der Waals surface area contributed by atoms with Gasteiger partial charge in [-0.25, -0.2) is 0 Å². The van der Waals surface area contributed by atoms with Crippen molar-refractivity contribution in [3.8, 4) is 0 Å². The van der Waals surface area contributed by atoms with E-state index >= 15 is 0 Å². The first-order valence-corrected chi connectivity index (χ1v) is 12.5. The summed E-state index contributed by atoms with van der Waals surface area (Å²) < 4.78 is 0. The van der Waals surface area contributed by atoms with Crippen LogP contribution in [0.2, 0.25) is 0 Å². The van der Waals surface area contributed by atoms with Crippen LogP contribution in [-0.4, -0.2) is 35.5 Å². The van der Waals surface area contributed by atoms with E-state index in [0.29, 0.717) is 13.0 Å². The van der Waals surface area contributed by atoms with Crippen molar-refractivity contribution >= 4 is 23.6 Å². The Morgan fingerprint density at radius 2 is 1.91 bits per heavy atom. The number of hydrogen-bond acceptors (Lipinski definition) is 3. The molecule has 2 amide bonds. The first-order chi connectivity index (χ1) is 15.6. The smallest absolute Gasteiger partial charge is 0.243 e. The number of unbranched alkanes of at least 4 members (excludes halogenated alkanes) is 1. The molecule has 1 saturated heterocycles. The second-order valence-electron chi connectivity index (χ2n) is 10.4. The molecule has 2 atom stereocenters. The molecule has 2 unspecified atom stereocenters. The number of aliphatic imine (C=N–C) groups is 1. The van der Waals surface area contributed by atoms with Gasteiger partial charge in [0.25, 0.3) is 0 Å². The van der Waals surface area contributed by atoms with Crippen LogP contribution in [0.15, 0.2) is 35.0 Å². The number of carbonyl (C=O) groups is 2. The van der Waals surface area contributed by atoms with Crippen LogP contribution in [0.4, 0.5) is 0 Å². The summed E-state index contributed by atoms with van der Waals surface area (Å²) in [5.41, 5.74) is 4.49. The van der Waals surface area contributed by atoms with E-state index in [4.69, 9.17) is 0 Å². The molecule has 0 aromatic heterocycles. The molecule has 0 aliphatic carbocycles. The van der Waals surface area contributed by atoms with Gasteiger partial charge in [0.1, 0.15) is 6.04 Å². The van der Waals surface area contributed by atoms with Gasteiger partial charge in [0.05, 0.1) is 6.04 Å². The number of benzene rings is 1. The first kappa shape index (κ1) is 26.8. The fourth-order valence-electron chi connectivity index (χ4n) is 4.42. The predicted molar refractivity (Wildman–Crippen MR) is 138 cm³/mol. The minimum atomic E-state index is -0.361. The summed E-state index contributed by atoms with van der Waals surface area (Å²) in [4.78, 5) is 32.1. The van der Waals surface area contributed by atoms with Gasteiger partial charge >= 0.3 is 0 Å². The van der Waals surface area contributed by atoms with Crippen LogP contribution >= 0.6 is 0 Å². The monoisotopic (exact) mass is 453 g/mol. The maximum absolute atomic E-state index is 13.0. The highest BCUT2D eigenvalue weighted by Gasteiger charge is 2.35. The molecule has 1 fully saturated rings. The molecular weight excluding hydrogens is 410 g/mol. The zero-order valence-corrected chi connectivity index (χ0v) is 21.7. The van der Waals surface area contributed by atoms with Crippen molar-refractivity contribution in [3.05, 3.63) is 41.1 Å². The van der Waals surface area contributed by atoms with Crippen LogP contribution < -0.4 is 5.32 Å². The Hall–Kier alpha value is -2.43. The molecule has 1 aliphatic heterocycles. The lowest BCUT2D eigenvalue weighted by Crippen LogP contribution is -2.47. The first-order valence-electron chi connectivity index (χ1n) is 12.5. The zero-order valence-electron chi connectivity index (χ0n) is 21.7. The lowest BCUT2D eigenvalue weighted by molar-refractivity contribution is -0.140. The average Bonchev–Trinajstić information content (AvgIpc) is 3.24. The van der Waals surface area contributed by atoms with E-state index < -0.39 is 0 Å². The third-order valence-corrected chi connectivity index (χ3v) is 6.22. The van der Waals surface area contributed by atoms with Gasteiger partial charge in [0.2, 0.25) is 11.8 Å². The maximum atomic E-state index is 13.0. The van der Waals surface area contributed by atoms with E-state index in [1.165, 1.54) is 11.1 Å². The quantitative estimate of drug-likeness (QED) is 0.446. The number of nitrogens with zero attached hydrogens (tertiary/aromatic N) is 2. The Balaban J connectivity index is 2.09. The minimum absolute atomic E-state index is 0.0528. The number of nitrogens with one attached hydrogen (secondary N) is 1. The van der Waals surface area contributed by atoms with Gasteiger partial charge in [-0.05, 0) is 68.6 Å². The van der Waals surface area contributed by atoms with Gasteiger partial charge in [-0.1, -0.05) is 58.4 Å². The zero-order chi connectivity index (χ0) is 24.6. The molecule has 2 rings (SSSR count). The van der Waals surface area contributed by atoms with Crippen molar-refractivity contribution in [2.24, 2.45) is 10.4 Å². The third-order valence-electron chi connectivity index (χ3n) is 6.22. The van der Waals surface area contributed by atoms with Gasteiger partial charge in [-0.2, -0.15) is 0 Å². The highest BCUT2D eigenvalue weighted by Crippen LogP contribution is 2.28. The summed E-state index contributed by atoms with van der Waals surface area (Å²) in [6.45, 7) is 15.0. The third kappa shape index (κ3) is 7.83. The van der Waals surface area contributed by atoms with E-state index in [1.807, 2.05) is 20.1 Å². The molecule has 1 N–H and O–H groups in total. The normalized spacial score (nSPS) is 18.4. The lowest BCUT2D eigenvalue weighted by Gasteiger charge is -2.28. The van der Waals surface area contributed by atoms with E-state index in [1.54, 1.807) is 4.90 Å². The standard InChI is InChI=1S/C28H43N3O2/c1-8-10-12-24(21(4)29-9-2)23-16-14-22(15-17-23)20(3)30-27(33)25-13-11-18-31(25)26(32)19-28(5,6)7/h9,14-17,20,25H,8,10-13,18-19H2,1-7H3,(H,30,33)/b24-21+,29-9?. The van der Waals surface area contributed by atoms with Crippen molar-refractivity contribution < 1.29 is 9.59 Å². The van der Waals surface area contributed by atoms with Gasteiger partial charge in [0.15, 0.2) is 0 Å². The van der Waals surface area contributed by atoms with Crippen molar-refractivity contribution in [1.82, 2.24) is 10.2 Å². The van der Waals surface area contributed by atoms with Crippen LogP contribution in [0.3, 0.4) is 0 Å². The van der Waals surface area contributed by atoms with Crippen molar-refractivity contribution in [1.29, 1.82) is 0 Å². The summed E-state index contributed by atoms with van der Waals surface area (Å²) in [6.07, 6.45) is 7.19. The molecule has 1 aliphatic rings. The van der Waals surface area contributed by atoms with Crippen LogP contribution in [-0.2, 0) is 9.59 Å². The van der Waals surface area contributed by atoms with Gasteiger partial charge in [-0.3, -0.25) is 14.6 Å². The molecule has 1 aromatic carbocycles. The Kier molecular flexibility index (Phi) is 9.87. The molecular formula is C28H43N3O2. The Labute approximate surface area is 200 Å². The van der Waals surface area contributed by atoms with E-state index in [2.05, 4.69) is 69.2 Å². The highest BCUT2D eigenvalue weighted by atomic mass is 16.2. The minimum Gasteiger partial charge on any atom is -0.348 e. The number of amides is 2. The molecule has 1 aromatic rings. The van der Waals surface area contributed by atoms with E-state index in [9.17, 15) is 9.59 Å². The van der Waals surface area contributed by atoms with Crippen molar-refractivity contribution in [2.75, 3.05) is 6.54 Å². The summed E-state index contributed by atoms with van der Waals surface area (Å²) in [7, 11) is 0. The highest BCUT2D eigenvalue weighted by molar-refractivity contribution is 5.88. The van der Waals surface area contributed by atoms with Crippen LogP contribution in [0.25, 0.3) is 5.57 Å². The second-order valence-corrected chi connectivity index (χ2v) is 10.4. The molecule has 0 saturated carbocycles. The molecule has 0 bridgehead atoms. The maximum Gasteiger partial charge on any atom is 0.243 e. The number of hydrogen-bond donors (Lipinski definition) is 1. The molecule has 0 radical (unpaired) electrons. The van der Waals surface area contributed by atoms with Crippen molar-refractivity contribution in [3.63, 3.8) is 0 Å². The van der Waals surface area contributed by atoms with Crippen molar-refractivity contribution in [2.45, 2.75) is 99.1 Å². The Morgan fingerprint density at radius 3 is 2.48 bits per heavy atom. The summed E-state index contributed by atoms with van der Waals surface area (Å²) in [5.74, 6) is 0.0247. The Morgan fingerprint density at radius 1 is 1.24 bits per heavy atom. The summed E-state index contributed by atoms with van der Waals surface area (Å²) in [5, 5.41) is 3.14. The molecule has 182 valence electrons. The predicted octanol–water partition coefficient (Wildman–Crippen LogP) is 6.30. The Bertz CT molecular complexity index is 862.